The van der Waals surface area contributed by atoms with Crippen LogP contribution in [0.1, 0.15) is 55.2 Å². The second kappa shape index (κ2) is 12.2. The van der Waals surface area contributed by atoms with Gasteiger partial charge in [0.1, 0.15) is 5.75 Å². The first-order valence-corrected chi connectivity index (χ1v) is 13.8. The molecule has 0 spiro atoms. The van der Waals surface area contributed by atoms with Crippen LogP contribution in [0.5, 0.6) is 5.75 Å². The van der Waals surface area contributed by atoms with Crippen LogP contribution in [0, 0.1) is 11.8 Å². The molecule has 0 bridgehead atoms. The van der Waals surface area contributed by atoms with Crippen molar-refractivity contribution in [1.29, 1.82) is 0 Å². The van der Waals surface area contributed by atoms with Gasteiger partial charge < -0.3 is 15.0 Å². The number of anilines is 1. The summed E-state index contributed by atoms with van der Waals surface area (Å²) in [5, 5.41) is 3.09. The molecule has 2 fully saturated rings. The van der Waals surface area contributed by atoms with E-state index in [1.54, 1.807) is 7.11 Å². The number of benzene rings is 3. The predicted octanol–water partition coefficient (Wildman–Crippen LogP) is 6.36. The largest absolute Gasteiger partial charge is 0.497 e. The van der Waals surface area contributed by atoms with Crippen LogP contribution in [0.2, 0.25) is 0 Å². The van der Waals surface area contributed by atoms with Crippen molar-refractivity contribution in [1.82, 2.24) is 9.80 Å². The highest BCUT2D eigenvalue weighted by molar-refractivity contribution is 5.89. The Morgan fingerprint density at radius 2 is 1.61 bits per heavy atom. The van der Waals surface area contributed by atoms with Crippen molar-refractivity contribution < 1.29 is 9.53 Å². The number of nitrogens with zero attached hydrogens (tertiary/aromatic N) is 2. The summed E-state index contributed by atoms with van der Waals surface area (Å²) in [4.78, 5) is 18.0. The van der Waals surface area contributed by atoms with Crippen LogP contribution in [0.25, 0.3) is 0 Å². The van der Waals surface area contributed by atoms with Crippen molar-refractivity contribution in [3.8, 4) is 17.6 Å². The second-order valence-electron chi connectivity index (χ2n) is 10.2. The highest BCUT2D eigenvalue weighted by atomic mass is 16.5. The lowest BCUT2D eigenvalue weighted by Gasteiger charge is -2.58. The Labute approximate surface area is 226 Å². The number of amides is 2. The van der Waals surface area contributed by atoms with Crippen molar-refractivity contribution in [3.63, 3.8) is 0 Å². The van der Waals surface area contributed by atoms with Crippen LogP contribution in [-0.2, 0) is 0 Å². The average molecular weight is 508 g/mol. The molecule has 1 N–H and O–H groups in total. The molecule has 0 unspecified atom stereocenters. The summed E-state index contributed by atoms with van der Waals surface area (Å²) < 4.78 is 5.24. The number of hydrogen-bond acceptors (Lipinski definition) is 3. The average Bonchev–Trinajstić information content (AvgIpc) is 2.94. The molecule has 5 nitrogen and oxygen atoms in total. The van der Waals surface area contributed by atoms with Gasteiger partial charge in [-0.1, -0.05) is 55.5 Å². The highest BCUT2D eigenvalue weighted by Crippen LogP contribution is 2.44. The number of rotatable bonds is 5. The van der Waals surface area contributed by atoms with E-state index in [1.165, 1.54) is 12.0 Å². The van der Waals surface area contributed by atoms with Gasteiger partial charge in [0, 0.05) is 47.9 Å². The van der Waals surface area contributed by atoms with E-state index in [0.29, 0.717) is 18.0 Å². The van der Waals surface area contributed by atoms with Crippen molar-refractivity contribution in [2.45, 2.75) is 50.6 Å². The quantitative estimate of drug-likeness (QED) is 0.409. The molecule has 38 heavy (non-hydrogen) atoms. The maximum absolute atomic E-state index is 13.3. The Balaban J connectivity index is 1.31. The summed E-state index contributed by atoms with van der Waals surface area (Å²) in [5.41, 5.74) is 4.19. The van der Waals surface area contributed by atoms with Gasteiger partial charge in [-0.25, -0.2) is 4.79 Å². The van der Waals surface area contributed by atoms with Crippen LogP contribution in [0.3, 0.4) is 0 Å². The smallest absolute Gasteiger partial charge is 0.321 e. The molecule has 3 aromatic carbocycles. The van der Waals surface area contributed by atoms with Gasteiger partial charge in [-0.3, -0.25) is 4.90 Å². The number of fused-ring (bicyclic) bond motifs is 1. The van der Waals surface area contributed by atoms with Gasteiger partial charge in [-0.15, -0.1) is 0 Å². The summed E-state index contributed by atoms with van der Waals surface area (Å²) in [6.45, 7) is 4.90. The molecule has 0 aromatic heterocycles. The van der Waals surface area contributed by atoms with E-state index < -0.39 is 0 Å². The zero-order valence-electron chi connectivity index (χ0n) is 22.4. The van der Waals surface area contributed by atoms with E-state index in [4.69, 9.17) is 4.74 Å². The Bertz CT molecular complexity index is 1260. The fourth-order valence-corrected chi connectivity index (χ4v) is 5.88. The Hall–Kier alpha value is -3.75. The van der Waals surface area contributed by atoms with Gasteiger partial charge in [0.05, 0.1) is 7.11 Å². The van der Waals surface area contributed by atoms with Gasteiger partial charge in [0.15, 0.2) is 0 Å². The van der Waals surface area contributed by atoms with E-state index in [2.05, 4.69) is 53.2 Å². The molecule has 196 valence electrons. The van der Waals surface area contributed by atoms with Crippen molar-refractivity contribution in [2.75, 3.05) is 32.1 Å². The Kier molecular flexibility index (Phi) is 8.31. The maximum atomic E-state index is 13.3. The van der Waals surface area contributed by atoms with Crippen LogP contribution < -0.4 is 10.1 Å². The van der Waals surface area contributed by atoms with Gasteiger partial charge in [-0.05, 0) is 79.9 Å². The molecule has 5 heteroatoms. The standard InChI is InChI=1S/C33H37N3O2/c1-3-9-30-32(27-16-14-26(15-17-27)13-12-25-10-5-4-6-11-25)31-24-35(22-7-8-23-36(30)31)33(37)34-28-18-20-29(38-2)21-19-28/h4-6,10-11,14-21,30-32H,3,7-9,22-24H2,1-2H3,(H,34,37)/t30-,31-,32-/m0/s1. The predicted molar refractivity (Wildman–Crippen MR) is 154 cm³/mol. The molecular weight excluding hydrogens is 470 g/mol. The zero-order chi connectivity index (χ0) is 26.3. The van der Waals surface area contributed by atoms with E-state index in [9.17, 15) is 4.79 Å². The number of nitrogens with one attached hydrogen (secondary N) is 1. The number of methoxy groups -OCH3 is 1. The summed E-state index contributed by atoms with van der Waals surface area (Å²) in [6, 6.07) is 27.2. The minimum atomic E-state index is -0.0266. The zero-order valence-corrected chi connectivity index (χ0v) is 22.4. The van der Waals surface area contributed by atoms with Crippen LogP contribution in [0.15, 0.2) is 78.9 Å². The third kappa shape index (κ3) is 5.87. The molecule has 5 rings (SSSR count). The SMILES string of the molecule is CCC[C@H]1[C@H](c2ccc(C#Cc3ccccc3)cc2)[C@@H]2CN(C(=O)Nc3ccc(OC)cc3)CCCCN12. The van der Waals surface area contributed by atoms with Crippen molar-refractivity contribution in [2.24, 2.45) is 0 Å². The topological polar surface area (TPSA) is 44.8 Å². The van der Waals surface area contributed by atoms with Crippen LogP contribution >= 0.6 is 0 Å². The fraction of sp³-hybridized carbons (Fsp3) is 0.364. The Morgan fingerprint density at radius 3 is 2.29 bits per heavy atom. The first kappa shape index (κ1) is 25.9. The van der Waals surface area contributed by atoms with E-state index in [0.717, 1.165) is 61.5 Å². The number of carbonyl (C=O) groups excluding carboxylic acids is 1. The maximum Gasteiger partial charge on any atom is 0.321 e. The summed E-state index contributed by atoms with van der Waals surface area (Å²) in [5.74, 6) is 7.75. The summed E-state index contributed by atoms with van der Waals surface area (Å²) >= 11 is 0. The lowest BCUT2D eigenvalue weighted by molar-refractivity contribution is -0.0392. The van der Waals surface area contributed by atoms with Gasteiger partial charge in [0.2, 0.25) is 0 Å². The summed E-state index contributed by atoms with van der Waals surface area (Å²) in [6.07, 6.45) is 4.47. The van der Waals surface area contributed by atoms with Crippen molar-refractivity contribution in [3.05, 3.63) is 95.6 Å². The first-order chi connectivity index (χ1) is 18.7. The molecule has 2 amide bonds. The minimum Gasteiger partial charge on any atom is -0.497 e. The molecule has 0 saturated carbocycles. The lowest BCUT2D eigenvalue weighted by atomic mass is 9.72. The number of carbonyl (C=O) groups is 1. The van der Waals surface area contributed by atoms with Gasteiger partial charge >= 0.3 is 6.03 Å². The van der Waals surface area contributed by atoms with Crippen molar-refractivity contribution >= 4 is 11.7 Å². The highest BCUT2D eigenvalue weighted by Gasteiger charge is 2.49. The molecule has 2 aliphatic heterocycles. The van der Waals surface area contributed by atoms with E-state index in [1.807, 2.05) is 59.5 Å². The van der Waals surface area contributed by atoms with E-state index in [-0.39, 0.29) is 6.03 Å². The minimum absolute atomic E-state index is 0.0266. The monoisotopic (exact) mass is 507 g/mol. The summed E-state index contributed by atoms with van der Waals surface area (Å²) in [7, 11) is 1.64. The van der Waals surface area contributed by atoms with E-state index >= 15 is 0 Å². The molecule has 0 radical (unpaired) electrons. The third-order valence-electron chi connectivity index (χ3n) is 7.82. The fourth-order valence-electron chi connectivity index (χ4n) is 5.88. The number of hydrogen-bond donors (Lipinski definition) is 1. The first-order valence-electron chi connectivity index (χ1n) is 13.8. The number of ether oxygens (including phenoxy) is 1. The lowest BCUT2D eigenvalue weighted by Crippen LogP contribution is -2.66. The normalized spacial score (nSPS) is 21.1. The molecule has 2 aliphatic rings. The molecular formula is C33H37N3O2. The van der Waals surface area contributed by atoms with Gasteiger partial charge in [0.25, 0.3) is 0 Å². The van der Waals surface area contributed by atoms with Crippen LogP contribution in [-0.4, -0.2) is 54.7 Å². The Morgan fingerprint density at radius 1 is 0.921 bits per heavy atom. The third-order valence-corrected chi connectivity index (χ3v) is 7.82. The molecule has 2 saturated heterocycles. The number of urea groups is 1. The van der Waals surface area contributed by atoms with Crippen LogP contribution in [0.4, 0.5) is 10.5 Å². The molecule has 3 atom stereocenters. The molecule has 2 heterocycles. The molecule has 3 aromatic rings. The van der Waals surface area contributed by atoms with Gasteiger partial charge in [-0.2, -0.15) is 0 Å². The molecule has 0 aliphatic carbocycles. The second-order valence-corrected chi connectivity index (χ2v) is 10.2.